The third kappa shape index (κ3) is 8.77. The molecule has 2 N–H and O–H groups in total. The molecule has 0 spiro atoms. The average molecular weight is 508 g/mol. The number of benzene rings is 2. The predicted molar refractivity (Wildman–Crippen MR) is 147 cm³/mol. The van der Waals surface area contributed by atoms with E-state index in [1.165, 1.54) is 4.90 Å². The Hall–Kier alpha value is -3.61. The fourth-order valence-corrected chi connectivity index (χ4v) is 3.88. The van der Waals surface area contributed by atoms with Crippen molar-refractivity contribution >= 4 is 17.9 Å². The first-order chi connectivity index (χ1) is 17.3. The van der Waals surface area contributed by atoms with Gasteiger partial charge in [0.25, 0.3) is 0 Å². The zero-order valence-electron chi connectivity index (χ0n) is 23.1. The molecule has 2 unspecified atom stereocenters. The van der Waals surface area contributed by atoms with Crippen LogP contribution in [0, 0.1) is 19.8 Å². The van der Waals surface area contributed by atoms with Crippen molar-refractivity contribution in [3.63, 3.8) is 0 Å². The van der Waals surface area contributed by atoms with Crippen molar-refractivity contribution in [1.82, 2.24) is 15.5 Å². The van der Waals surface area contributed by atoms with E-state index in [1.54, 1.807) is 26.8 Å². The molecule has 0 fully saturated rings. The number of amides is 3. The molecule has 7 heteroatoms. The summed E-state index contributed by atoms with van der Waals surface area (Å²) in [4.78, 5) is 41.7. The van der Waals surface area contributed by atoms with Crippen molar-refractivity contribution in [3.8, 4) is 0 Å². The summed E-state index contributed by atoms with van der Waals surface area (Å²) in [5.41, 5.74) is 3.01. The number of aryl methyl sites for hydroxylation is 2. The number of hydrogen-bond donors (Lipinski definition) is 2. The molecule has 2 rings (SSSR count). The fraction of sp³-hybridized carbons (Fsp3) is 0.433. The van der Waals surface area contributed by atoms with E-state index in [0.29, 0.717) is 12.1 Å². The van der Waals surface area contributed by atoms with Gasteiger partial charge in [-0.3, -0.25) is 9.59 Å². The minimum Gasteiger partial charge on any atom is -0.444 e. The Morgan fingerprint density at radius 1 is 1.03 bits per heavy atom. The molecule has 37 heavy (non-hydrogen) atoms. The van der Waals surface area contributed by atoms with E-state index in [1.807, 2.05) is 76.2 Å². The molecule has 2 aromatic rings. The standard InChI is InChI=1S/C30H41N3O4/c1-9-17-33(28(35)25(20(2)3)32-29(36)37-30(6,7)8)26(24-16-15-21(4)22(5)18-24)27(34)31-19-23-13-11-10-12-14-23/h9-16,18,20,25-26H,1,17,19H2,2-8H3,(H,31,34)(H,32,36). The van der Waals surface area contributed by atoms with Crippen LogP contribution in [0.25, 0.3) is 0 Å². The first kappa shape index (κ1) is 29.6. The van der Waals surface area contributed by atoms with Crippen LogP contribution < -0.4 is 10.6 Å². The smallest absolute Gasteiger partial charge is 0.408 e. The summed E-state index contributed by atoms with van der Waals surface area (Å²) in [5.74, 6) is -0.957. The summed E-state index contributed by atoms with van der Waals surface area (Å²) in [7, 11) is 0. The Bertz CT molecular complexity index is 1090. The first-order valence-corrected chi connectivity index (χ1v) is 12.6. The molecule has 0 heterocycles. The lowest BCUT2D eigenvalue weighted by atomic mass is 9.96. The third-order valence-corrected chi connectivity index (χ3v) is 5.93. The highest BCUT2D eigenvalue weighted by Gasteiger charge is 2.37. The molecule has 0 saturated heterocycles. The van der Waals surface area contributed by atoms with E-state index >= 15 is 0 Å². The number of alkyl carbamates (subject to hydrolysis) is 1. The Morgan fingerprint density at radius 3 is 2.22 bits per heavy atom. The van der Waals surface area contributed by atoms with Gasteiger partial charge in [-0.1, -0.05) is 68.5 Å². The molecular weight excluding hydrogens is 466 g/mol. The van der Waals surface area contributed by atoms with Gasteiger partial charge in [0.2, 0.25) is 11.8 Å². The molecule has 3 amide bonds. The Balaban J connectivity index is 2.45. The zero-order valence-corrected chi connectivity index (χ0v) is 23.1. The zero-order chi connectivity index (χ0) is 27.8. The largest absolute Gasteiger partial charge is 0.444 e. The quantitative estimate of drug-likeness (QED) is 0.432. The molecule has 2 aromatic carbocycles. The topological polar surface area (TPSA) is 87.7 Å². The van der Waals surface area contributed by atoms with Gasteiger partial charge >= 0.3 is 6.09 Å². The van der Waals surface area contributed by atoms with Crippen molar-refractivity contribution in [3.05, 3.63) is 83.4 Å². The molecular formula is C30H41N3O4. The molecule has 0 aliphatic rings. The fourth-order valence-electron chi connectivity index (χ4n) is 3.88. The number of hydrogen-bond acceptors (Lipinski definition) is 4. The van der Waals surface area contributed by atoms with Crippen molar-refractivity contribution < 1.29 is 19.1 Å². The number of rotatable bonds is 10. The maximum Gasteiger partial charge on any atom is 0.408 e. The second-order valence-corrected chi connectivity index (χ2v) is 10.6. The molecule has 0 aromatic heterocycles. The van der Waals surface area contributed by atoms with Crippen molar-refractivity contribution in [2.75, 3.05) is 6.54 Å². The molecule has 7 nitrogen and oxygen atoms in total. The summed E-state index contributed by atoms with van der Waals surface area (Å²) in [5, 5.41) is 5.70. The number of carbonyl (C=O) groups excluding carboxylic acids is 3. The predicted octanol–water partition coefficient (Wildman–Crippen LogP) is 5.22. The number of nitrogens with one attached hydrogen (secondary N) is 2. The van der Waals surface area contributed by atoms with Crippen LogP contribution in [-0.4, -0.2) is 41.0 Å². The van der Waals surface area contributed by atoms with Gasteiger partial charge in [-0.05, 0) is 62.8 Å². The highest BCUT2D eigenvalue weighted by atomic mass is 16.6. The average Bonchev–Trinajstić information content (AvgIpc) is 2.82. The molecule has 0 aliphatic heterocycles. The lowest BCUT2D eigenvalue weighted by molar-refractivity contribution is -0.142. The second kappa shape index (κ2) is 13.1. The van der Waals surface area contributed by atoms with Gasteiger partial charge in [0, 0.05) is 13.1 Å². The van der Waals surface area contributed by atoms with Gasteiger partial charge < -0.3 is 20.3 Å². The first-order valence-electron chi connectivity index (χ1n) is 12.6. The van der Waals surface area contributed by atoms with Crippen LogP contribution in [0.3, 0.4) is 0 Å². The lowest BCUT2D eigenvalue weighted by Crippen LogP contribution is -2.54. The van der Waals surface area contributed by atoms with Gasteiger partial charge in [-0.25, -0.2) is 4.79 Å². The number of nitrogens with zero attached hydrogens (tertiary/aromatic N) is 1. The normalized spacial score (nSPS) is 12.9. The van der Waals surface area contributed by atoms with Crippen LogP contribution in [0.1, 0.15) is 62.9 Å². The molecule has 0 aliphatic carbocycles. The van der Waals surface area contributed by atoms with E-state index in [9.17, 15) is 14.4 Å². The van der Waals surface area contributed by atoms with Gasteiger partial charge in [-0.15, -0.1) is 6.58 Å². The Morgan fingerprint density at radius 2 is 1.68 bits per heavy atom. The highest BCUT2D eigenvalue weighted by molar-refractivity contribution is 5.92. The van der Waals surface area contributed by atoms with Gasteiger partial charge in [0.15, 0.2) is 0 Å². The summed E-state index contributed by atoms with van der Waals surface area (Å²) >= 11 is 0. The monoisotopic (exact) mass is 507 g/mol. The summed E-state index contributed by atoms with van der Waals surface area (Å²) in [6, 6.07) is 13.5. The van der Waals surface area contributed by atoms with Gasteiger partial charge in [0.05, 0.1) is 0 Å². The van der Waals surface area contributed by atoms with Crippen molar-refractivity contribution in [1.29, 1.82) is 0 Å². The highest BCUT2D eigenvalue weighted by Crippen LogP contribution is 2.26. The summed E-state index contributed by atoms with van der Waals surface area (Å²) in [6.07, 6.45) is 0.899. The van der Waals surface area contributed by atoms with Crippen LogP contribution in [0.2, 0.25) is 0 Å². The maximum atomic E-state index is 13.9. The molecule has 0 saturated carbocycles. The Labute approximate surface area is 221 Å². The maximum absolute atomic E-state index is 13.9. The SMILES string of the molecule is C=CCN(C(=O)C(NC(=O)OC(C)(C)C)C(C)C)C(C(=O)NCc1ccccc1)c1ccc(C)c(C)c1. The molecule has 200 valence electrons. The van der Waals surface area contributed by atoms with Crippen LogP contribution in [0.4, 0.5) is 4.79 Å². The van der Waals surface area contributed by atoms with E-state index in [2.05, 4.69) is 17.2 Å². The molecule has 0 radical (unpaired) electrons. The van der Waals surface area contributed by atoms with Crippen molar-refractivity contribution in [2.24, 2.45) is 5.92 Å². The minimum atomic E-state index is -0.921. The van der Waals surface area contributed by atoms with Gasteiger partial charge in [-0.2, -0.15) is 0 Å². The van der Waals surface area contributed by atoms with Crippen LogP contribution in [-0.2, 0) is 20.9 Å². The third-order valence-electron chi connectivity index (χ3n) is 5.93. The minimum absolute atomic E-state index is 0.119. The summed E-state index contributed by atoms with van der Waals surface area (Å²) < 4.78 is 5.40. The second-order valence-electron chi connectivity index (χ2n) is 10.6. The Kier molecular flexibility index (Phi) is 10.5. The van der Waals surface area contributed by atoms with E-state index in [4.69, 9.17) is 4.74 Å². The van der Waals surface area contributed by atoms with Crippen LogP contribution >= 0.6 is 0 Å². The molecule has 2 atom stereocenters. The van der Waals surface area contributed by atoms with E-state index < -0.39 is 23.8 Å². The van der Waals surface area contributed by atoms with Gasteiger partial charge in [0.1, 0.15) is 17.7 Å². The van der Waals surface area contributed by atoms with Crippen LogP contribution in [0.15, 0.2) is 61.2 Å². The number of ether oxygens (including phenoxy) is 1. The number of carbonyl (C=O) groups is 3. The lowest BCUT2D eigenvalue weighted by Gasteiger charge is -2.35. The van der Waals surface area contributed by atoms with E-state index in [-0.39, 0.29) is 24.3 Å². The van der Waals surface area contributed by atoms with Crippen molar-refractivity contribution in [2.45, 2.75) is 72.7 Å². The van der Waals surface area contributed by atoms with Crippen LogP contribution in [0.5, 0.6) is 0 Å². The summed E-state index contributed by atoms with van der Waals surface area (Å²) in [6.45, 7) is 17.2. The van der Waals surface area contributed by atoms with E-state index in [0.717, 1.165) is 16.7 Å². The molecule has 0 bridgehead atoms.